The van der Waals surface area contributed by atoms with E-state index in [1.54, 1.807) is 11.3 Å². The van der Waals surface area contributed by atoms with E-state index in [1.165, 1.54) is 10.4 Å². The van der Waals surface area contributed by atoms with Gasteiger partial charge in [0.05, 0.1) is 0 Å². The van der Waals surface area contributed by atoms with Crippen LogP contribution < -0.4 is 5.32 Å². The summed E-state index contributed by atoms with van der Waals surface area (Å²) in [6, 6.07) is 12.3. The number of rotatable bonds is 3. The van der Waals surface area contributed by atoms with Crippen molar-refractivity contribution in [3.8, 4) is 10.4 Å². The molecular formula is C16H19NO2S. The summed E-state index contributed by atoms with van der Waals surface area (Å²) in [4.78, 5) is 12.8. The van der Waals surface area contributed by atoms with Crippen molar-refractivity contribution in [1.82, 2.24) is 5.32 Å². The first-order valence-electron chi connectivity index (χ1n) is 6.54. The number of hydrogen-bond donors (Lipinski definition) is 1. The van der Waals surface area contributed by atoms with Crippen molar-refractivity contribution in [2.45, 2.75) is 32.9 Å². The molecule has 0 aliphatic heterocycles. The molecule has 4 heteroatoms. The van der Waals surface area contributed by atoms with Crippen molar-refractivity contribution in [2.24, 2.45) is 0 Å². The standard InChI is InChI=1S/C16H19NO2S/c1-16(2,3)19-15(18)17-11-12-6-8-13(9-7-12)14-5-4-10-20-14/h4-10H,11H2,1-3H3,(H,17,18). The van der Waals surface area contributed by atoms with Gasteiger partial charge in [-0.2, -0.15) is 0 Å². The SMILES string of the molecule is CC(C)(C)OC(=O)NCc1ccc(-c2cccs2)cc1. The maximum absolute atomic E-state index is 11.6. The lowest BCUT2D eigenvalue weighted by molar-refractivity contribution is 0.0523. The fraction of sp³-hybridized carbons (Fsp3) is 0.312. The van der Waals surface area contributed by atoms with Crippen LogP contribution >= 0.6 is 11.3 Å². The first-order valence-corrected chi connectivity index (χ1v) is 7.42. The summed E-state index contributed by atoms with van der Waals surface area (Å²) >= 11 is 1.72. The van der Waals surface area contributed by atoms with Gasteiger partial charge in [0.15, 0.2) is 0 Å². The van der Waals surface area contributed by atoms with Gasteiger partial charge >= 0.3 is 6.09 Å². The molecule has 0 atom stereocenters. The molecule has 0 aliphatic carbocycles. The summed E-state index contributed by atoms with van der Waals surface area (Å²) in [6.45, 7) is 6.02. The minimum Gasteiger partial charge on any atom is -0.444 e. The average molecular weight is 289 g/mol. The van der Waals surface area contributed by atoms with Crippen LogP contribution in [-0.2, 0) is 11.3 Å². The van der Waals surface area contributed by atoms with E-state index in [4.69, 9.17) is 4.74 Å². The third kappa shape index (κ3) is 4.38. The largest absolute Gasteiger partial charge is 0.444 e. The van der Waals surface area contributed by atoms with Crippen LogP contribution in [-0.4, -0.2) is 11.7 Å². The molecule has 1 amide bonds. The van der Waals surface area contributed by atoms with E-state index in [2.05, 4.69) is 28.9 Å². The number of carbonyl (C=O) groups is 1. The van der Waals surface area contributed by atoms with Crippen LogP contribution in [0.5, 0.6) is 0 Å². The monoisotopic (exact) mass is 289 g/mol. The molecule has 0 fully saturated rings. The van der Waals surface area contributed by atoms with Gasteiger partial charge in [0.25, 0.3) is 0 Å². The van der Waals surface area contributed by atoms with Crippen molar-refractivity contribution < 1.29 is 9.53 Å². The van der Waals surface area contributed by atoms with Crippen LogP contribution in [0.4, 0.5) is 4.79 Å². The Bertz CT molecular complexity index is 553. The van der Waals surface area contributed by atoms with Gasteiger partial charge in [0, 0.05) is 11.4 Å². The molecule has 0 spiro atoms. The summed E-state index contributed by atoms with van der Waals surface area (Å²) in [7, 11) is 0. The Morgan fingerprint density at radius 1 is 1.20 bits per heavy atom. The van der Waals surface area contributed by atoms with Crippen molar-refractivity contribution >= 4 is 17.4 Å². The van der Waals surface area contributed by atoms with Gasteiger partial charge in [-0.05, 0) is 43.3 Å². The van der Waals surface area contributed by atoms with E-state index >= 15 is 0 Å². The van der Waals surface area contributed by atoms with Crippen molar-refractivity contribution in [1.29, 1.82) is 0 Å². The van der Waals surface area contributed by atoms with Gasteiger partial charge in [-0.15, -0.1) is 11.3 Å². The van der Waals surface area contributed by atoms with Gasteiger partial charge in [-0.1, -0.05) is 30.3 Å². The fourth-order valence-corrected chi connectivity index (χ4v) is 2.45. The second kappa shape index (κ2) is 6.09. The van der Waals surface area contributed by atoms with Crippen molar-refractivity contribution in [3.63, 3.8) is 0 Å². The molecule has 1 aromatic carbocycles. The molecule has 20 heavy (non-hydrogen) atoms. The molecule has 1 N–H and O–H groups in total. The van der Waals surface area contributed by atoms with E-state index < -0.39 is 5.60 Å². The number of hydrogen-bond acceptors (Lipinski definition) is 3. The van der Waals surface area contributed by atoms with Crippen molar-refractivity contribution in [3.05, 3.63) is 47.3 Å². The molecule has 0 saturated carbocycles. The van der Waals surface area contributed by atoms with Crippen LogP contribution in [0.25, 0.3) is 10.4 Å². The maximum Gasteiger partial charge on any atom is 0.407 e. The highest BCUT2D eigenvalue weighted by Crippen LogP contribution is 2.24. The Morgan fingerprint density at radius 2 is 1.90 bits per heavy atom. The second-order valence-electron chi connectivity index (χ2n) is 5.53. The number of nitrogens with one attached hydrogen (secondary N) is 1. The highest BCUT2D eigenvalue weighted by Gasteiger charge is 2.15. The third-order valence-electron chi connectivity index (χ3n) is 2.60. The molecule has 106 valence electrons. The molecule has 0 bridgehead atoms. The van der Waals surface area contributed by atoms with Crippen LogP contribution in [0.2, 0.25) is 0 Å². The molecule has 0 radical (unpaired) electrons. The second-order valence-corrected chi connectivity index (χ2v) is 6.48. The van der Waals surface area contributed by atoms with Crippen LogP contribution in [0.1, 0.15) is 26.3 Å². The smallest absolute Gasteiger partial charge is 0.407 e. The minimum absolute atomic E-state index is 0.389. The highest BCUT2D eigenvalue weighted by molar-refractivity contribution is 7.13. The van der Waals surface area contributed by atoms with Crippen molar-refractivity contribution in [2.75, 3.05) is 0 Å². The average Bonchev–Trinajstić information content (AvgIpc) is 2.89. The predicted molar refractivity (Wildman–Crippen MR) is 82.8 cm³/mol. The van der Waals surface area contributed by atoms with E-state index in [0.29, 0.717) is 6.54 Å². The zero-order chi connectivity index (χ0) is 14.6. The Kier molecular flexibility index (Phi) is 4.45. The number of alkyl carbamates (subject to hydrolysis) is 1. The highest BCUT2D eigenvalue weighted by atomic mass is 32.1. The van der Waals surface area contributed by atoms with Crippen LogP contribution in [0, 0.1) is 0 Å². The first-order chi connectivity index (χ1) is 9.44. The molecule has 2 rings (SSSR count). The summed E-state index contributed by atoms with van der Waals surface area (Å²) in [6.07, 6.45) is -0.389. The zero-order valence-electron chi connectivity index (χ0n) is 12.0. The summed E-state index contributed by atoms with van der Waals surface area (Å²) < 4.78 is 5.19. The molecule has 2 aromatic rings. The van der Waals surface area contributed by atoms with E-state index in [0.717, 1.165) is 5.56 Å². The number of ether oxygens (including phenoxy) is 1. The van der Waals surface area contributed by atoms with E-state index in [-0.39, 0.29) is 6.09 Å². The first kappa shape index (κ1) is 14.6. The number of carbonyl (C=O) groups excluding carboxylic acids is 1. The van der Waals surface area contributed by atoms with Gasteiger partial charge in [0.1, 0.15) is 5.60 Å². The Labute approximate surface area is 123 Å². The predicted octanol–water partition coefficient (Wildman–Crippen LogP) is 4.44. The van der Waals surface area contributed by atoms with E-state index in [9.17, 15) is 4.79 Å². The molecule has 1 aromatic heterocycles. The van der Waals surface area contributed by atoms with Crippen LogP contribution in [0.15, 0.2) is 41.8 Å². The molecule has 0 saturated heterocycles. The maximum atomic E-state index is 11.6. The minimum atomic E-state index is -0.465. The Morgan fingerprint density at radius 3 is 2.45 bits per heavy atom. The van der Waals surface area contributed by atoms with Gasteiger partial charge in [-0.3, -0.25) is 0 Å². The summed E-state index contributed by atoms with van der Waals surface area (Å²) in [5.41, 5.74) is 1.78. The Balaban J connectivity index is 1.90. The lowest BCUT2D eigenvalue weighted by Crippen LogP contribution is -2.32. The Hall–Kier alpha value is -1.81. The number of amides is 1. The van der Waals surface area contributed by atoms with E-state index in [1.807, 2.05) is 39.0 Å². The number of benzene rings is 1. The lowest BCUT2D eigenvalue weighted by atomic mass is 10.1. The molecule has 1 heterocycles. The quantitative estimate of drug-likeness (QED) is 0.907. The third-order valence-corrected chi connectivity index (χ3v) is 3.51. The molecule has 3 nitrogen and oxygen atoms in total. The molecule has 0 unspecified atom stereocenters. The van der Waals surface area contributed by atoms with Gasteiger partial charge in [-0.25, -0.2) is 4.79 Å². The van der Waals surface area contributed by atoms with Crippen LogP contribution in [0.3, 0.4) is 0 Å². The summed E-state index contributed by atoms with van der Waals surface area (Å²) in [5, 5.41) is 4.81. The van der Waals surface area contributed by atoms with Gasteiger partial charge < -0.3 is 10.1 Å². The zero-order valence-corrected chi connectivity index (χ0v) is 12.8. The fourth-order valence-electron chi connectivity index (χ4n) is 1.72. The van der Waals surface area contributed by atoms with Gasteiger partial charge in [0.2, 0.25) is 0 Å². The number of thiophene rings is 1. The lowest BCUT2D eigenvalue weighted by Gasteiger charge is -2.19. The summed E-state index contributed by atoms with van der Waals surface area (Å²) in [5.74, 6) is 0. The topological polar surface area (TPSA) is 38.3 Å². The normalized spacial score (nSPS) is 11.2. The molecule has 0 aliphatic rings. The molecular weight excluding hydrogens is 270 g/mol.